The highest BCUT2D eigenvalue weighted by Crippen LogP contribution is 2.22. The van der Waals surface area contributed by atoms with E-state index in [0.717, 1.165) is 72.6 Å². The number of carboxylic acid groups (broad SMARTS) is 1. The topological polar surface area (TPSA) is 116 Å². The lowest BCUT2D eigenvalue weighted by Gasteiger charge is -2.24. The van der Waals surface area contributed by atoms with Crippen LogP contribution >= 0.6 is 11.3 Å². The summed E-state index contributed by atoms with van der Waals surface area (Å²) in [5.74, 6) is 0.693. The van der Waals surface area contributed by atoms with E-state index in [1.54, 1.807) is 11.3 Å². The van der Waals surface area contributed by atoms with Crippen molar-refractivity contribution in [1.82, 2.24) is 24.8 Å². The molecule has 0 saturated carbocycles. The van der Waals surface area contributed by atoms with Crippen molar-refractivity contribution in [1.29, 1.82) is 0 Å². The van der Waals surface area contributed by atoms with Crippen LogP contribution in [0.25, 0.3) is 10.9 Å². The van der Waals surface area contributed by atoms with Gasteiger partial charge in [0.2, 0.25) is 0 Å². The fraction of sp³-hybridized carbons (Fsp3) is 0.393. The zero-order valence-corrected chi connectivity index (χ0v) is 22.2. The third kappa shape index (κ3) is 6.81. The molecule has 3 N–H and O–H groups in total. The predicted molar refractivity (Wildman–Crippen MR) is 151 cm³/mol. The van der Waals surface area contributed by atoms with Crippen molar-refractivity contribution in [3.63, 3.8) is 0 Å². The lowest BCUT2D eigenvalue weighted by Crippen LogP contribution is -2.35. The van der Waals surface area contributed by atoms with Crippen LogP contribution in [0.3, 0.4) is 0 Å². The molecule has 1 aromatic carbocycles. The molecule has 3 aromatic heterocycles. The molecule has 0 aliphatic carbocycles. The van der Waals surface area contributed by atoms with Crippen LogP contribution in [-0.4, -0.2) is 61.6 Å². The quantitative estimate of drug-likeness (QED) is 0.213. The Balaban J connectivity index is 1.18. The predicted octanol–water partition coefficient (Wildman–Crippen LogP) is 4.62. The number of aliphatic carboxylic acids is 1. The summed E-state index contributed by atoms with van der Waals surface area (Å²) in [7, 11) is 0. The number of hydrogen-bond acceptors (Lipinski definition) is 9. The molecular formula is C28H33N7O2S. The molecule has 10 heteroatoms. The SMILES string of the molecule is O=C(O)[C@H](CCN(CCCCc1ccc2c(n1)NCCC2)Cc1nccs1)Nc1ncnc2ccccc12. The number of hydrogen-bond donors (Lipinski definition) is 3. The van der Waals surface area contributed by atoms with Crippen LogP contribution in [0.5, 0.6) is 0 Å². The Bertz CT molecular complexity index is 1340. The van der Waals surface area contributed by atoms with Gasteiger partial charge in [0.1, 0.15) is 29.0 Å². The maximum atomic E-state index is 12.1. The van der Waals surface area contributed by atoms with Crippen LogP contribution < -0.4 is 10.6 Å². The zero-order chi connectivity index (χ0) is 26.2. The molecule has 0 spiro atoms. The Hall–Kier alpha value is -3.63. The lowest BCUT2D eigenvalue weighted by atomic mass is 10.1. The normalized spacial score (nSPS) is 13.7. The van der Waals surface area contributed by atoms with Gasteiger partial charge in [-0.05, 0) is 68.8 Å². The number of benzene rings is 1. The Labute approximate surface area is 226 Å². The number of carboxylic acids is 1. The first-order valence-corrected chi connectivity index (χ1v) is 14.1. The number of aromatic nitrogens is 4. The molecule has 1 atom stereocenters. The van der Waals surface area contributed by atoms with Crippen LogP contribution in [0.15, 0.2) is 54.3 Å². The number of nitrogens with zero attached hydrogens (tertiary/aromatic N) is 5. The number of carbonyl (C=O) groups is 1. The molecular weight excluding hydrogens is 498 g/mol. The zero-order valence-electron chi connectivity index (χ0n) is 21.3. The second kappa shape index (κ2) is 12.7. The molecule has 1 aliphatic rings. The third-order valence-electron chi connectivity index (χ3n) is 6.84. The smallest absolute Gasteiger partial charge is 0.326 e. The number of nitrogens with one attached hydrogen (secondary N) is 2. The second-order valence-electron chi connectivity index (χ2n) is 9.56. The number of rotatable bonds is 13. The number of anilines is 2. The van der Waals surface area contributed by atoms with Gasteiger partial charge in [-0.2, -0.15) is 0 Å². The number of fused-ring (bicyclic) bond motifs is 2. The second-order valence-corrected chi connectivity index (χ2v) is 10.5. The van der Waals surface area contributed by atoms with Gasteiger partial charge in [0.25, 0.3) is 0 Å². The molecule has 0 radical (unpaired) electrons. The first-order valence-electron chi connectivity index (χ1n) is 13.2. The highest BCUT2D eigenvalue weighted by molar-refractivity contribution is 7.09. The van der Waals surface area contributed by atoms with Gasteiger partial charge < -0.3 is 15.7 Å². The third-order valence-corrected chi connectivity index (χ3v) is 7.60. The number of para-hydroxylation sites is 1. The van der Waals surface area contributed by atoms with Gasteiger partial charge in [0.15, 0.2) is 0 Å². The van der Waals surface area contributed by atoms with Crippen molar-refractivity contribution in [2.24, 2.45) is 0 Å². The number of aryl methyl sites for hydroxylation is 2. The first kappa shape index (κ1) is 26.0. The van der Waals surface area contributed by atoms with Gasteiger partial charge in [0, 0.05) is 35.7 Å². The Morgan fingerprint density at radius 3 is 2.92 bits per heavy atom. The van der Waals surface area contributed by atoms with Crippen LogP contribution in [0.1, 0.15) is 41.9 Å². The summed E-state index contributed by atoms with van der Waals surface area (Å²) in [6, 6.07) is 11.2. The summed E-state index contributed by atoms with van der Waals surface area (Å²) in [4.78, 5) is 32.3. The van der Waals surface area contributed by atoms with E-state index in [2.05, 4.69) is 42.6 Å². The average molecular weight is 532 g/mol. The summed E-state index contributed by atoms with van der Waals surface area (Å²) in [6.07, 6.45) is 8.93. The van der Waals surface area contributed by atoms with Gasteiger partial charge >= 0.3 is 5.97 Å². The van der Waals surface area contributed by atoms with Gasteiger partial charge in [-0.25, -0.2) is 24.7 Å². The summed E-state index contributed by atoms with van der Waals surface area (Å²) < 4.78 is 0. The minimum absolute atomic E-state index is 0.442. The molecule has 38 heavy (non-hydrogen) atoms. The maximum absolute atomic E-state index is 12.1. The minimum Gasteiger partial charge on any atom is -0.480 e. The van der Waals surface area contributed by atoms with Crippen molar-refractivity contribution in [2.75, 3.05) is 30.3 Å². The van der Waals surface area contributed by atoms with Gasteiger partial charge in [-0.3, -0.25) is 4.90 Å². The molecule has 0 bridgehead atoms. The molecule has 198 valence electrons. The van der Waals surface area contributed by atoms with Crippen molar-refractivity contribution in [3.8, 4) is 0 Å². The van der Waals surface area contributed by atoms with Crippen LogP contribution in [-0.2, 0) is 24.2 Å². The van der Waals surface area contributed by atoms with Gasteiger partial charge in [0.05, 0.1) is 12.1 Å². The van der Waals surface area contributed by atoms with E-state index in [1.807, 2.05) is 35.8 Å². The van der Waals surface area contributed by atoms with E-state index in [1.165, 1.54) is 11.9 Å². The summed E-state index contributed by atoms with van der Waals surface area (Å²) >= 11 is 1.63. The van der Waals surface area contributed by atoms with E-state index in [4.69, 9.17) is 4.98 Å². The average Bonchev–Trinajstić information content (AvgIpc) is 3.46. The van der Waals surface area contributed by atoms with Crippen LogP contribution in [0.2, 0.25) is 0 Å². The molecule has 0 fully saturated rings. The first-order chi connectivity index (χ1) is 18.7. The van der Waals surface area contributed by atoms with Crippen molar-refractivity contribution >= 4 is 39.8 Å². The number of pyridine rings is 1. The monoisotopic (exact) mass is 531 g/mol. The maximum Gasteiger partial charge on any atom is 0.326 e. The molecule has 0 unspecified atom stereocenters. The fourth-order valence-corrected chi connectivity index (χ4v) is 5.45. The van der Waals surface area contributed by atoms with E-state index >= 15 is 0 Å². The van der Waals surface area contributed by atoms with Crippen LogP contribution in [0, 0.1) is 0 Å². The highest BCUT2D eigenvalue weighted by atomic mass is 32.1. The molecule has 9 nitrogen and oxygen atoms in total. The van der Waals surface area contributed by atoms with E-state index in [-0.39, 0.29) is 0 Å². The van der Waals surface area contributed by atoms with Gasteiger partial charge in [-0.1, -0.05) is 18.2 Å². The van der Waals surface area contributed by atoms with Crippen molar-refractivity contribution < 1.29 is 9.90 Å². The fourth-order valence-electron chi connectivity index (χ4n) is 4.80. The Kier molecular flexibility index (Phi) is 8.72. The van der Waals surface area contributed by atoms with Crippen molar-refractivity contribution in [2.45, 2.75) is 51.1 Å². The highest BCUT2D eigenvalue weighted by Gasteiger charge is 2.21. The summed E-state index contributed by atoms with van der Waals surface area (Å²) in [5, 5.41) is 20.3. The summed E-state index contributed by atoms with van der Waals surface area (Å²) in [6.45, 7) is 3.20. The van der Waals surface area contributed by atoms with Gasteiger partial charge in [-0.15, -0.1) is 11.3 Å². The lowest BCUT2D eigenvalue weighted by molar-refractivity contribution is -0.138. The molecule has 0 amide bonds. The minimum atomic E-state index is -0.894. The standard InChI is InChI=1S/C28H33N7O2S/c36-28(37)24(34-27-22-8-1-2-9-23(22)31-19-32-27)12-16-35(18-25-29-14-17-38-25)15-4-3-7-21-11-10-20-6-5-13-30-26(20)33-21/h1-2,8-11,14,17,19,24H,3-7,12-13,15-16,18H2,(H,30,33)(H,36,37)(H,31,32,34)/t24-/m0/s1. The Morgan fingerprint density at radius 1 is 1.13 bits per heavy atom. The largest absolute Gasteiger partial charge is 0.480 e. The van der Waals surface area contributed by atoms with E-state index < -0.39 is 12.0 Å². The molecule has 1 aliphatic heterocycles. The molecule has 4 aromatic rings. The number of unbranched alkanes of at least 4 members (excludes halogenated alkanes) is 1. The molecule has 5 rings (SSSR count). The molecule has 4 heterocycles. The van der Waals surface area contributed by atoms with E-state index in [0.29, 0.717) is 25.3 Å². The number of thiazole rings is 1. The van der Waals surface area contributed by atoms with Crippen molar-refractivity contribution in [3.05, 3.63) is 70.6 Å². The van der Waals surface area contributed by atoms with E-state index in [9.17, 15) is 9.90 Å². The summed E-state index contributed by atoms with van der Waals surface area (Å²) in [5.41, 5.74) is 3.21. The van der Waals surface area contributed by atoms with Crippen LogP contribution in [0.4, 0.5) is 11.6 Å². The Morgan fingerprint density at radius 2 is 2.05 bits per heavy atom. The molecule has 0 saturated heterocycles.